The van der Waals surface area contributed by atoms with E-state index in [1.54, 1.807) is 36.4 Å². The van der Waals surface area contributed by atoms with Gasteiger partial charge in [-0.15, -0.1) is 0 Å². The molecular formula is C20H21NO5. The van der Waals surface area contributed by atoms with Gasteiger partial charge in [-0.3, -0.25) is 4.79 Å². The van der Waals surface area contributed by atoms with Crippen LogP contribution in [-0.2, 0) is 9.47 Å². The predicted octanol–water partition coefficient (Wildman–Crippen LogP) is 3.28. The minimum atomic E-state index is -0.437. The van der Waals surface area contributed by atoms with E-state index in [1.165, 1.54) is 7.11 Å². The lowest BCUT2D eigenvalue weighted by Crippen LogP contribution is -2.16. The zero-order valence-corrected chi connectivity index (χ0v) is 14.6. The Hall–Kier alpha value is -2.86. The number of rotatable bonds is 6. The van der Waals surface area contributed by atoms with Crippen molar-refractivity contribution in [2.45, 2.75) is 18.9 Å². The fraction of sp³-hybridized carbons (Fsp3) is 0.300. The third-order valence-corrected chi connectivity index (χ3v) is 4.12. The van der Waals surface area contributed by atoms with Crippen molar-refractivity contribution in [2.75, 3.05) is 25.6 Å². The highest BCUT2D eigenvalue weighted by Gasteiger charge is 2.16. The number of methoxy groups -OCH3 is 1. The number of ether oxygens (including phenoxy) is 3. The summed E-state index contributed by atoms with van der Waals surface area (Å²) in [6, 6.07) is 13.5. The lowest BCUT2D eigenvalue weighted by Gasteiger charge is -2.12. The highest BCUT2D eigenvalue weighted by molar-refractivity contribution is 6.04. The first-order valence-corrected chi connectivity index (χ1v) is 8.50. The van der Waals surface area contributed by atoms with Crippen molar-refractivity contribution >= 4 is 17.6 Å². The maximum absolute atomic E-state index is 12.4. The number of carbonyl (C=O) groups is 2. The van der Waals surface area contributed by atoms with Gasteiger partial charge in [0.2, 0.25) is 0 Å². The quantitative estimate of drug-likeness (QED) is 0.805. The molecule has 1 atom stereocenters. The van der Waals surface area contributed by atoms with Crippen LogP contribution in [0.15, 0.2) is 48.5 Å². The zero-order valence-electron chi connectivity index (χ0n) is 14.6. The molecule has 1 heterocycles. The summed E-state index contributed by atoms with van der Waals surface area (Å²) in [5.41, 5.74) is 1.48. The van der Waals surface area contributed by atoms with Gasteiger partial charge in [0.25, 0.3) is 5.91 Å². The summed E-state index contributed by atoms with van der Waals surface area (Å²) in [5, 5.41) is 2.82. The van der Waals surface area contributed by atoms with Crippen LogP contribution < -0.4 is 10.1 Å². The molecule has 0 spiro atoms. The normalized spacial score (nSPS) is 16.1. The van der Waals surface area contributed by atoms with Crippen molar-refractivity contribution in [3.05, 3.63) is 59.7 Å². The number of nitrogens with one attached hydrogen (secondary N) is 1. The summed E-state index contributed by atoms with van der Waals surface area (Å²) >= 11 is 0. The van der Waals surface area contributed by atoms with Gasteiger partial charge in [0, 0.05) is 23.9 Å². The Labute approximate surface area is 152 Å². The van der Waals surface area contributed by atoms with Gasteiger partial charge in [-0.2, -0.15) is 0 Å². The summed E-state index contributed by atoms with van der Waals surface area (Å²) in [6.45, 7) is 1.30. The Morgan fingerprint density at radius 2 is 1.92 bits per heavy atom. The van der Waals surface area contributed by atoms with E-state index < -0.39 is 5.97 Å². The molecule has 0 aromatic heterocycles. The Bertz CT molecular complexity index is 766. The predicted molar refractivity (Wildman–Crippen MR) is 96.6 cm³/mol. The molecule has 1 amide bonds. The smallest absolute Gasteiger partial charge is 0.337 e. The molecule has 2 aromatic carbocycles. The van der Waals surface area contributed by atoms with Crippen LogP contribution in [0.1, 0.15) is 33.6 Å². The van der Waals surface area contributed by atoms with E-state index in [4.69, 9.17) is 9.47 Å². The zero-order chi connectivity index (χ0) is 18.4. The number of hydrogen-bond donors (Lipinski definition) is 1. The van der Waals surface area contributed by atoms with Crippen LogP contribution in [0.25, 0.3) is 0 Å². The number of carbonyl (C=O) groups excluding carboxylic acids is 2. The van der Waals surface area contributed by atoms with Gasteiger partial charge in [0.05, 0.1) is 18.8 Å². The van der Waals surface area contributed by atoms with E-state index in [0.717, 1.165) is 19.4 Å². The molecule has 0 saturated carbocycles. The molecule has 1 fully saturated rings. The minimum Gasteiger partial charge on any atom is -0.491 e. The van der Waals surface area contributed by atoms with E-state index in [0.29, 0.717) is 29.2 Å². The summed E-state index contributed by atoms with van der Waals surface area (Å²) in [6.07, 6.45) is 2.22. The molecule has 136 valence electrons. The number of amides is 1. The van der Waals surface area contributed by atoms with Crippen LogP contribution in [0.2, 0.25) is 0 Å². The summed E-state index contributed by atoms with van der Waals surface area (Å²) in [4.78, 5) is 23.8. The number of anilines is 1. The van der Waals surface area contributed by atoms with E-state index in [9.17, 15) is 9.59 Å². The second kappa shape index (κ2) is 8.49. The van der Waals surface area contributed by atoms with Gasteiger partial charge in [0.1, 0.15) is 12.4 Å². The number of esters is 1. The molecule has 0 unspecified atom stereocenters. The standard InChI is InChI=1S/C20H21NO5/c1-24-20(23)15-9-7-14(8-10-15)19(22)21-16-4-2-5-17(12-16)26-13-18-6-3-11-25-18/h2,4-5,7-10,12,18H,3,6,11,13H2,1H3,(H,21,22)/t18-/m1/s1. The Morgan fingerprint density at radius 3 is 2.62 bits per heavy atom. The van der Waals surface area contributed by atoms with Gasteiger partial charge < -0.3 is 19.5 Å². The van der Waals surface area contributed by atoms with Crippen LogP contribution in [0, 0.1) is 0 Å². The van der Waals surface area contributed by atoms with E-state index in [-0.39, 0.29) is 12.0 Å². The molecule has 0 radical (unpaired) electrons. The SMILES string of the molecule is COC(=O)c1ccc(C(=O)Nc2cccc(OC[C@H]3CCCO3)c2)cc1. The molecule has 2 aromatic rings. The average molecular weight is 355 g/mol. The molecule has 0 aliphatic carbocycles. The van der Waals surface area contributed by atoms with Crippen molar-refractivity contribution in [2.24, 2.45) is 0 Å². The summed E-state index contributed by atoms with van der Waals surface area (Å²) < 4.78 is 15.9. The van der Waals surface area contributed by atoms with Crippen molar-refractivity contribution in [1.82, 2.24) is 0 Å². The molecular weight excluding hydrogens is 334 g/mol. The van der Waals surface area contributed by atoms with Gasteiger partial charge in [-0.25, -0.2) is 4.79 Å². The van der Waals surface area contributed by atoms with Gasteiger partial charge in [-0.1, -0.05) is 6.07 Å². The van der Waals surface area contributed by atoms with Gasteiger partial charge >= 0.3 is 5.97 Å². The van der Waals surface area contributed by atoms with Crippen molar-refractivity contribution in [3.8, 4) is 5.75 Å². The maximum Gasteiger partial charge on any atom is 0.337 e. The Morgan fingerprint density at radius 1 is 1.15 bits per heavy atom. The summed E-state index contributed by atoms with van der Waals surface area (Å²) in [7, 11) is 1.32. The van der Waals surface area contributed by atoms with Crippen LogP contribution in [0.5, 0.6) is 5.75 Å². The fourth-order valence-corrected chi connectivity index (χ4v) is 2.71. The molecule has 1 aliphatic rings. The lowest BCUT2D eigenvalue weighted by atomic mass is 10.1. The monoisotopic (exact) mass is 355 g/mol. The van der Waals surface area contributed by atoms with E-state index in [2.05, 4.69) is 10.1 Å². The first-order valence-electron chi connectivity index (χ1n) is 8.50. The number of hydrogen-bond acceptors (Lipinski definition) is 5. The third-order valence-electron chi connectivity index (χ3n) is 4.12. The molecule has 0 bridgehead atoms. The third kappa shape index (κ3) is 4.61. The summed E-state index contributed by atoms with van der Waals surface area (Å²) in [5.74, 6) is -0.0231. The topological polar surface area (TPSA) is 73.9 Å². The molecule has 1 saturated heterocycles. The Kier molecular flexibility index (Phi) is 5.86. The Balaban J connectivity index is 1.59. The maximum atomic E-state index is 12.4. The minimum absolute atomic E-state index is 0.140. The largest absolute Gasteiger partial charge is 0.491 e. The van der Waals surface area contributed by atoms with Crippen molar-refractivity contribution in [1.29, 1.82) is 0 Å². The second-order valence-electron chi connectivity index (χ2n) is 6.00. The number of benzene rings is 2. The van der Waals surface area contributed by atoms with Crippen molar-refractivity contribution < 1.29 is 23.8 Å². The van der Waals surface area contributed by atoms with E-state index >= 15 is 0 Å². The molecule has 6 nitrogen and oxygen atoms in total. The van der Waals surface area contributed by atoms with Gasteiger partial charge in [-0.05, 0) is 49.2 Å². The van der Waals surface area contributed by atoms with Gasteiger partial charge in [0.15, 0.2) is 0 Å². The molecule has 26 heavy (non-hydrogen) atoms. The highest BCUT2D eigenvalue weighted by atomic mass is 16.5. The molecule has 1 N–H and O–H groups in total. The molecule has 1 aliphatic heterocycles. The lowest BCUT2D eigenvalue weighted by molar-refractivity contribution is 0.0600. The first kappa shape index (κ1) is 17.9. The molecule has 6 heteroatoms. The first-order chi connectivity index (χ1) is 12.7. The van der Waals surface area contributed by atoms with Crippen LogP contribution >= 0.6 is 0 Å². The van der Waals surface area contributed by atoms with Crippen LogP contribution in [0.3, 0.4) is 0 Å². The highest BCUT2D eigenvalue weighted by Crippen LogP contribution is 2.20. The van der Waals surface area contributed by atoms with Crippen molar-refractivity contribution in [3.63, 3.8) is 0 Å². The van der Waals surface area contributed by atoms with Crippen LogP contribution in [0.4, 0.5) is 5.69 Å². The van der Waals surface area contributed by atoms with E-state index in [1.807, 2.05) is 12.1 Å². The average Bonchev–Trinajstić information content (AvgIpc) is 3.20. The molecule has 3 rings (SSSR count). The van der Waals surface area contributed by atoms with Crippen LogP contribution in [-0.4, -0.2) is 38.3 Å². The second-order valence-corrected chi connectivity index (χ2v) is 6.00. The fourth-order valence-electron chi connectivity index (χ4n) is 2.71.